The predicted molar refractivity (Wildman–Crippen MR) is 68.3 cm³/mol. The molecule has 0 aromatic rings. The molecule has 1 spiro atoms. The highest BCUT2D eigenvalue weighted by molar-refractivity contribution is 5.73. The van der Waals surface area contributed by atoms with E-state index in [4.69, 9.17) is 0 Å². The Balaban J connectivity index is 0.000000606. The topological polar surface area (TPSA) is 20.3 Å². The summed E-state index contributed by atoms with van der Waals surface area (Å²) < 4.78 is 0. The van der Waals surface area contributed by atoms with E-state index in [1.165, 1.54) is 32.1 Å². The number of rotatable bonds is 1. The number of amides is 1. The summed E-state index contributed by atoms with van der Waals surface area (Å²) in [6.07, 6.45) is 6.70. The lowest BCUT2D eigenvalue weighted by atomic mass is 9.57. The Bertz CT molecular complexity index is 221. The Kier molecular flexibility index (Phi) is 4.82. The second-order valence-electron chi connectivity index (χ2n) is 5.19. The van der Waals surface area contributed by atoms with E-state index in [1.54, 1.807) is 6.92 Å². The monoisotopic (exact) mass is 225 g/mol. The van der Waals surface area contributed by atoms with Crippen LogP contribution in [0.15, 0.2) is 0 Å². The van der Waals surface area contributed by atoms with E-state index in [9.17, 15) is 4.79 Å². The largest absolute Gasteiger partial charge is 0.343 e. The van der Waals surface area contributed by atoms with Gasteiger partial charge in [-0.2, -0.15) is 0 Å². The molecule has 2 nitrogen and oxygen atoms in total. The first kappa shape index (κ1) is 13.5. The van der Waals surface area contributed by atoms with Crippen LogP contribution in [-0.4, -0.2) is 23.9 Å². The molecule has 2 rings (SSSR count). The van der Waals surface area contributed by atoms with Gasteiger partial charge in [-0.15, -0.1) is 0 Å². The molecule has 0 bridgehead atoms. The minimum absolute atomic E-state index is 0.256. The molecule has 1 aliphatic heterocycles. The number of piperidine rings is 1. The van der Waals surface area contributed by atoms with Crippen molar-refractivity contribution in [1.82, 2.24) is 4.90 Å². The van der Waals surface area contributed by atoms with Crippen molar-refractivity contribution in [2.24, 2.45) is 11.3 Å². The number of likely N-dealkylation sites (tertiary alicyclic amines) is 1. The molecule has 0 unspecified atom stereocenters. The van der Waals surface area contributed by atoms with E-state index in [-0.39, 0.29) is 5.91 Å². The highest BCUT2D eigenvalue weighted by Crippen LogP contribution is 2.53. The zero-order valence-electron chi connectivity index (χ0n) is 11.4. The minimum Gasteiger partial charge on any atom is -0.343 e. The summed E-state index contributed by atoms with van der Waals surface area (Å²) in [4.78, 5) is 13.2. The molecular formula is C14H27NO. The van der Waals surface area contributed by atoms with Gasteiger partial charge in [-0.05, 0) is 37.0 Å². The van der Waals surface area contributed by atoms with Crippen molar-refractivity contribution in [1.29, 1.82) is 0 Å². The van der Waals surface area contributed by atoms with Crippen molar-refractivity contribution in [3.8, 4) is 0 Å². The zero-order valence-corrected chi connectivity index (χ0v) is 11.4. The molecule has 1 saturated heterocycles. The molecule has 2 heteroatoms. The summed E-state index contributed by atoms with van der Waals surface area (Å²) in [5.41, 5.74) is 0.645. The molecule has 0 atom stereocenters. The maximum atomic E-state index is 11.2. The van der Waals surface area contributed by atoms with E-state index in [2.05, 4.69) is 6.92 Å². The normalized spacial score (nSPS) is 23.4. The molecule has 1 heterocycles. The fourth-order valence-electron chi connectivity index (χ4n) is 3.16. The fraction of sp³-hybridized carbons (Fsp3) is 0.929. The van der Waals surface area contributed by atoms with E-state index < -0.39 is 0 Å². The average molecular weight is 225 g/mol. The van der Waals surface area contributed by atoms with Crippen LogP contribution >= 0.6 is 0 Å². The summed E-state index contributed by atoms with van der Waals surface area (Å²) in [6, 6.07) is 0. The second-order valence-corrected chi connectivity index (χ2v) is 5.19. The zero-order chi connectivity index (χ0) is 12.2. The number of hydrogen-bond donors (Lipinski definition) is 0. The SMILES string of the molecule is CC.CCC1CC2(CCN(C(C)=O)CC2)C1. The van der Waals surface area contributed by atoms with Gasteiger partial charge in [0.05, 0.1) is 0 Å². The van der Waals surface area contributed by atoms with Crippen LogP contribution in [0.3, 0.4) is 0 Å². The third-order valence-electron chi connectivity index (χ3n) is 4.29. The molecule has 94 valence electrons. The lowest BCUT2D eigenvalue weighted by Gasteiger charge is -2.52. The average Bonchev–Trinajstić information content (AvgIpc) is 2.28. The van der Waals surface area contributed by atoms with Crippen LogP contribution in [0.25, 0.3) is 0 Å². The first-order valence-corrected chi connectivity index (χ1v) is 6.91. The number of nitrogens with zero attached hydrogens (tertiary/aromatic N) is 1. The maximum Gasteiger partial charge on any atom is 0.219 e. The minimum atomic E-state index is 0.256. The van der Waals surface area contributed by atoms with Crippen LogP contribution in [-0.2, 0) is 4.79 Å². The van der Waals surface area contributed by atoms with Crippen molar-refractivity contribution in [3.63, 3.8) is 0 Å². The van der Waals surface area contributed by atoms with Gasteiger partial charge in [-0.1, -0.05) is 27.2 Å². The maximum absolute atomic E-state index is 11.2. The van der Waals surface area contributed by atoms with Gasteiger partial charge < -0.3 is 4.90 Å². The van der Waals surface area contributed by atoms with Crippen LogP contribution in [0, 0.1) is 11.3 Å². The second kappa shape index (κ2) is 5.70. The van der Waals surface area contributed by atoms with Gasteiger partial charge in [0.25, 0.3) is 0 Å². The van der Waals surface area contributed by atoms with Gasteiger partial charge in [0.1, 0.15) is 0 Å². The van der Waals surface area contributed by atoms with E-state index in [0.29, 0.717) is 5.41 Å². The molecule has 1 saturated carbocycles. The van der Waals surface area contributed by atoms with E-state index in [1.807, 2.05) is 18.7 Å². The van der Waals surface area contributed by atoms with E-state index in [0.717, 1.165) is 19.0 Å². The molecule has 16 heavy (non-hydrogen) atoms. The highest BCUT2D eigenvalue weighted by Gasteiger charge is 2.44. The number of carbonyl (C=O) groups is 1. The van der Waals surface area contributed by atoms with Crippen molar-refractivity contribution in [2.45, 2.75) is 59.8 Å². The molecule has 1 aliphatic carbocycles. The summed E-state index contributed by atoms with van der Waals surface area (Å²) in [5, 5.41) is 0. The lowest BCUT2D eigenvalue weighted by Crippen LogP contribution is -2.48. The lowest BCUT2D eigenvalue weighted by molar-refractivity contribution is -0.133. The van der Waals surface area contributed by atoms with Gasteiger partial charge >= 0.3 is 0 Å². The van der Waals surface area contributed by atoms with Crippen LogP contribution in [0.4, 0.5) is 0 Å². The van der Waals surface area contributed by atoms with Crippen molar-refractivity contribution < 1.29 is 4.79 Å². The molecule has 0 radical (unpaired) electrons. The Morgan fingerprint density at radius 1 is 1.25 bits per heavy atom. The third kappa shape index (κ3) is 2.78. The van der Waals surface area contributed by atoms with Gasteiger partial charge in [-0.3, -0.25) is 4.79 Å². The smallest absolute Gasteiger partial charge is 0.219 e. The van der Waals surface area contributed by atoms with Gasteiger partial charge in [0.15, 0.2) is 0 Å². The molecule has 1 amide bonds. The van der Waals surface area contributed by atoms with Crippen molar-refractivity contribution in [2.75, 3.05) is 13.1 Å². The summed E-state index contributed by atoms with van der Waals surface area (Å²) in [5.74, 6) is 1.24. The van der Waals surface area contributed by atoms with Crippen LogP contribution in [0.2, 0.25) is 0 Å². The van der Waals surface area contributed by atoms with Crippen LogP contribution in [0.5, 0.6) is 0 Å². The van der Waals surface area contributed by atoms with Crippen molar-refractivity contribution >= 4 is 5.91 Å². The Morgan fingerprint density at radius 3 is 2.12 bits per heavy atom. The molecule has 2 fully saturated rings. The quantitative estimate of drug-likeness (QED) is 0.669. The molecular weight excluding hydrogens is 198 g/mol. The standard InChI is InChI=1S/C12H21NO.C2H6/c1-3-11-8-12(9-11)4-6-13(7-5-12)10(2)14;1-2/h11H,3-9H2,1-2H3;1-2H3. The fourth-order valence-corrected chi connectivity index (χ4v) is 3.16. The molecule has 0 N–H and O–H groups in total. The van der Waals surface area contributed by atoms with Crippen LogP contribution in [0.1, 0.15) is 59.8 Å². The molecule has 0 aromatic carbocycles. The Hall–Kier alpha value is -0.530. The third-order valence-corrected chi connectivity index (χ3v) is 4.29. The molecule has 2 aliphatic rings. The van der Waals surface area contributed by atoms with Crippen molar-refractivity contribution in [3.05, 3.63) is 0 Å². The Morgan fingerprint density at radius 2 is 1.75 bits per heavy atom. The van der Waals surface area contributed by atoms with Gasteiger partial charge in [0.2, 0.25) is 5.91 Å². The van der Waals surface area contributed by atoms with Crippen LogP contribution < -0.4 is 0 Å². The summed E-state index contributed by atoms with van der Waals surface area (Å²) in [7, 11) is 0. The highest BCUT2D eigenvalue weighted by atomic mass is 16.2. The number of hydrogen-bond acceptors (Lipinski definition) is 1. The Labute approximate surface area is 100 Å². The van der Waals surface area contributed by atoms with Gasteiger partial charge in [0, 0.05) is 20.0 Å². The summed E-state index contributed by atoms with van der Waals surface area (Å²) in [6.45, 7) is 9.99. The van der Waals surface area contributed by atoms with Gasteiger partial charge in [-0.25, -0.2) is 0 Å². The first-order valence-electron chi connectivity index (χ1n) is 6.91. The van der Waals surface area contributed by atoms with E-state index >= 15 is 0 Å². The number of carbonyl (C=O) groups excluding carboxylic acids is 1. The summed E-state index contributed by atoms with van der Waals surface area (Å²) >= 11 is 0. The first-order chi connectivity index (χ1) is 7.65. The predicted octanol–water partition coefficient (Wildman–Crippen LogP) is 3.46. The molecule has 0 aromatic heterocycles.